The van der Waals surface area contributed by atoms with E-state index in [1.807, 2.05) is 55.5 Å². The van der Waals surface area contributed by atoms with Crippen molar-refractivity contribution in [2.75, 3.05) is 14.2 Å². The molecular weight excluding hydrogens is 328 g/mol. The van der Waals surface area contributed by atoms with E-state index in [1.165, 1.54) is 5.56 Å². The van der Waals surface area contributed by atoms with Crippen molar-refractivity contribution in [1.29, 1.82) is 0 Å². The molecule has 26 heavy (non-hydrogen) atoms. The molecule has 0 aliphatic rings. The maximum absolute atomic E-state index is 10.4. The van der Waals surface area contributed by atoms with Gasteiger partial charge in [0.2, 0.25) is 0 Å². The molecule has 2 aromatic carbocycles. The summed E-state index contributed by atoms with van der Waals surface area (Å²) in [4.78, 5) is 20.8. The summed E-state index contributed by atoms with van der Waals surface area (Å²) in [5, 5.41) is 0. The maximum Gasteiger partial charge on any atom is 0.145 e. The van der Waals surface area contributed by atoms with E-state index in [1.54, 1.807) is 27.2 Å². The fourth-order valence-electron chi connectivity index (χ4n) is 2.25. The van der Waals surface area contributed by atoms with E-state index in [0.717, 1.165) is 36.1 Å². The number of carbonyl (C=O) groups is 2. The van der Waals surface area contributed by atoms with Crippen LogP contribution in [-0.2, 0) is 16.0 Å². The molecule has 0 N–H and O–H groups in total. The third-order valence-electron chi connectivity index (χ3n) is 3.66. The van der Waals surface area contributed by atoms with E-state index in [2.05, 4.69) is 0 Å². The zero-order valence-electron chi connectivity index (χ0n) is 15.8. The Morgan fingerprint density at radius 3 is 2.19 bits per heavy atom. The topological polar surface area (TPSA) is 52.6 Å². The van der Waals surface area contributed by atoms with Crippen molar-refractivity contribution in [2.24, 2.45) is 5.92 Å². The van der Waals surface area contributed by atoms with Gasteiger partial charge in [-0.3, -0.25) is 4.79 Å². The Balaban J connectivity index is 0.000000260. The number of allylic oxidation sites excluding steroid dienone is 1. The minimum atomic E-state index is 0.0911. The van der Waals surface area contributed by atoms with E-state index < -0.39 is 0 Å². The molecule has 2 aromatic rings. The van der Waals surface area contributed by atoms with Crippen LogP contribution in [0.2, 0.25) is 0 Å². The van der Waals surface area contributed by atoms with Gasteiger partial charge in [0.25, 0.3) is 0 Å². The van der Waals surface area contributed by atoms with Crippen LogP contribution in [-0.4, -0.2) is 26.8 Å². The molecular formula is C22H26O4. The molecule has 0 radical (unpaired) electrons. The van der Waals surface area contributed by atoms with Crippen LogP contribution >= 0.6 is 0 Å². The molecule has 1 atom stereocenters. The molecule has 4 heteroatoms. The van der Waals surface area contributed by atoms with Gasteiger partial charge in [0.05, 0.1) is 14.2 Å². The van der Waals surface area contributed by atoms with Crippen LogP contribution in [0.15, 0.2) is 54.1 Å². The average Bonchev–Trinajstić information content (AvgIpc) is 2.69. The molecule has 0 saturated heterocycles. The average molecular weight is 354 g/mol. The molecule has 0 bridgehead atoms. The van der Waals surface area contributed by atoms with Gasteiger partial charge in [-0.2, -0.15) is 0 Å². The Bertz CT molecular complexity index is 717. The van der Waals surface area contributed by atoms with Crippen LogP contribution in [0.5, 0.6) is 11.5 Å². The summed E-state index contributed by atoms with van der Waals surface area (Å²) in [7, 11) is 3.26. The van der Waals surface area contributed by atoms with Crippen molar-refractivity contribution < 1.29 is 19.1 Å². The first kappa shape index (κ1) is 21.2. The highest BCUT2D eigenvalue weighted by Crippen LogP contribution is 2.19. The number of methoxy groups -OCH3 is 2. The van der Waals surface area contributed by atoms with Crippen molar-refractivity contribution in [1.82, 2.24) is 0 Å². The predicted octanol–water partition coefficient (Wildman–Crippen LogP) is 4.37. The van der Waals surface area contributed by atoms with E-state index in [-0.39, 0.29) is 5.92 Å². The van der Waals surface area contributed by atoms with Gasteiger partial charge in [0, 0.05) is 11.5 Å². The fraction of sp³-hybridized carbons (Fsp3) is 0.273. The Kier molecular flexibility index (Phi) is 9.47. The number of carbonyl (C=O) groups excluding carboxylic acids is 2. The smallest absolute Gasteiger partial charge is 0.145 e. The monoisotopic (exact) mass is 354 g/mol. The highest BCUT2D eigenvalue weighted by molar-refractivity contribution is 5.81. The molecule has 0 aliphatic heterocycles. The standard InChI is InChI=1S/C11H14O2.C11H12O2/c1-9(8-12)7-10-3-5-11(13-2)6-4-10;1-9(8-12)7-10-5-3-4-6-11(10)13-2/h3-6,8-9H,7H2,1-2H3;3-8H,1-2H3. The molecule has 1 unspecified atom stereocenters. The predicted molar refractivity (Wildman–Crippen MR) is 105 cm³/mol. The first-order valence-electron chi connectivity index (χ1n) is 8.38. The lowest BCUT2D eigenvalue weighted by Crippen LogP contribution is -2.00. The number of benzene rings is 2. The second-order valence-electron chi connectivity index (χ2n) is 5.91. The third-order valence-corrected chi connectivity index (χ3v) is 3.66. The lowest BCUT2D eigenvalue weighted by molar-refractivity contribution is -0.110. The Labute approximate surface area is 155 Å². The van der Waals surface area contributed by atoms with Crippen molar-refractivity contribution in [3.8, 4) is 11.5 Å². The zero-order chi connectivity index (χ0) is 19.4. The third kappa shape index (κ3) is 7.34. The number of hydrogen-bond acceptors (Lipinski definition) is 4. The number of rotatable bonds is 7. The second-order valence-corrected chi connectivity index (χ2v) is 5.91. The summed E-state index contributed by atoms with van der Waals surface area (Å²) in [6.07, 6.45) is 4.40. The number of hydrogen-bond donors (Lipinski definition) is 0. The van der Waals surface area contributed by atoms with Crippen molar-refractivity contribution in [3.05, 3.63) is 65.2 Å². The van der Waals surface area contributed by atoms with Gasteiger partial charge < -0.3 is 14.3 Å². The molecule has 0 amide bonds. The lowest BCUT2D eigenvalue weighted by Gasteiger charge is -2.04. The zero-order valence-corrected chi connectivity index (χ0v) is 15.8. The van der Waals surface area contributed by atoms with Crippen molar-refractivity contribution >= 4 is 18.6 Å². The first-order valence-corrected chi connectivity index (χ1v) is 8.38. The SMILES string of the molecule is COc1ccc(CC(C)C=O)cc1.COc1ccccc1C=C(C)C=O. The van der Waals surface area contributed by atoms with Crippen LogP contribution in [0.4, 0.5) is 0 Å². The van der Waals surface area contributed by atoms with Gasteiger partial charge in [0.15, 0.2) is 0 Å². The number of ether oxygens (including phenoxy) is 2. The summed E-state index contributed by atoms with van der Waals surface area (Å²) in [5.41, 5.74) is 2.78. The van der Waals surface area contributed by atoms with Gasteiger partial charge in [-0.25, -0.2) is 0 Å². The highest BCUT2D eigenvalue weighted by atomic mass is 16.5. The Hall–Kier alpha value is -2.88. The van der Waals surface area contributed by atoms with Gasteiger partial charge in [0.1, 0.15) is 24.1 Å². The number of para-hydroxylation sites is 1. The normalized spacial score (nSPS) is 11.6. The van der Waals surface area contributed by atoms with E-state index in [4.69, 9.17) is 9.47 Å². The second kappa shape index (κ2) is 11.6. The van der Waals surface area contributed by atoms with Crippen LogP contribution < -0.4 is 9.47 Å². The molecule has 0 aliphatic carbocycles. The van der Waals surface area contributed by atoms with Gasteiger partial charge in [-0.1, -0.05) is 37.3 Å². The van der Waals surface area contributed by atoms with Gasteiger partial charge in [-0.05, 0) is 48.8 Å². The first-order chi connectivity index (χ1) is 12.5. The van der Waals surface area contributed by atoms with E-state index >= 15 is 0 Å². The van der Waals surface area contributed by atoms with E-state index in [9.17, 15) is 9.59 Å². The molecule has 2 rings (SSSR count). The van der Waals surface area contributed by atoms with Gasteiger partial charge in [-0.15, -0.1) is 0 Å². The van der Waals surface area contributed by atoms with E-state index in [0.29, 0.717) is 5.57 Å². The maximum atomic E-state index is 10.4. The summed E-state index contributed by atoms with van der Waals surface area (Å²) in [6, 6.07) is 15.4. The minimum absolute atomic E-state index is 0.0911. The molecule has 0 fully saturated rings. The molecule has 138 valence electrons. The Morgan fingerprint density at radius 1 is 1.00 bits per heavy atom. The van der Waals surface area contributed by atoms with Crippen LogP contribution in [0.25, 0.3) is 6.08 Å². The Morgan fingerprint density at radius 2 is 1.65 bits per heavy atom. The fourth-order valence-corrected chi connectivity index (χ4v) is 2.25. The molecule has 4 nitrogen and oxygen atoms in total. The highest BCUT2D eigenvalue weighted by Gasteiger charge is 2.01. The largest absolute Gasteiger partial charge is 0.497 e. The summed E-state index contributed by atoms with van der Waals surface area (Å²) >= 11 is 0. The molecule has 0 spiro atoms. The molecule has 0 aromatic heterocycles. The summed E-state index contributed by atoms with van der Waals surface area (Å²) in [6.45, 7) is 3.68. The van der Waals surface area contributed by atoms with Crippen LogP contribution in [0, 0.1) is 5.92 Å². The molecule has 0 saturated carbocycles. The number of aldehydes is 2. The molecule has 0 heterocycles. The summed E-state index contributed by atoms with van der Waals surface area (Å²) in [5.74, 6) is 1.72. The minimum Gasteiger partial charge on any atom is -0.497 e. The van der Waals surface area contributed by atoms with Crippen LogP contribution in [0.3, 0.4) is 0 Å². The van der Waals surface area contributed by atoms with Crippen molar-refractivity contribution in [3.63, 3.8) is 0 Å². The van der Waals surface area contributed by atoms with Crippen molar-refractivity contribution in [2.45, 2.75) is 20.3 Å². The summed E-state index contributed by atoms with van der Waals surface area (Å²) < 4.78 is 10.2. The quantitative estimate of drug-likeness (QED) is 0.547. The lowest BCUT2D eigenvalue weighted by atomic mass is 10.0. The van der Waals surface area contributed by atoms with Crippen LogP contribution in [0.1, 0.15) is 25.0 Å². The van der Waals surface area contributed by atoms with Gasteiger partial charge >= 0.3 is 0 Å².